The molecule has 1 atom stereocenters. The predicted octanol–water partition coefficient (Wildman–Crippen LogP) is 2.24. The third-order valence-electron chi connectivity index (χ3n) is 2.88. The number of allylic oxidation sites excluding steroid dienone is 1. The van der Waals surface area contributed by atoms with Crippen molar-refractivity contribution in [2.75, 3.05) is 13.1 Å². The van der Waals surface area contributed by atoms with Gasteiger partial charge in [0.15, 0.2) is 0 Å². The molecule has 0 aromatic carbocycles. The Bertz CT molecular complexity index is 196. The van der Waals surface area contributed by atoms with Crippen molar-refractivity contribution >= 4 is 0 Å². The average Bonchev–Trinajstić information content (AvgIpc) is 2.19. The van der Waals surface area contributed by atoms with Crippen LogP contribution in [0.5, 0.6) is 0 Å². The van der Waals surface area contributed by atoms with Crippen LogP contribution in [0.3, 0.4) is 0 Å². The minimum Gasteiger partial charge on any atom is -0.384 e. The van der Waals surface area contributed by atoms with Crippen LogP contribution in [0.15, 0.2) is 11.6 Å². The lowest BCUT2D eigenvalue weighted by Crippen LogP contribution is -2.40. The Morgan fingerprint density at radius 2 is 2.29 bits per heavy atom. The maximum atomic E-state index is 10.2. The first-order valence-corrected chi connectivity index (χ1v) is 5.79. The lowest BCUT2D eigenvalue weighted by atomic mass is 9.87. The third kappa shape index (κ3) is 3.43. The highest BCUT2D eigenvalue weighted by Crippen LogP contribution is 2.26. The third-order valence-corrected chi connectivity index (χ3v) is 2.88. The molecule has 0 radical (unpaired) electrons. The summed E-state index contributed by atoms with van der Waals surface area (Å²) >= 11 is 0. The van der Waals surface area contributed by atoms with Gasteiger partial charge in [0.2, 0.25) is 0 Å². The first-order valence-electron chi connectivity index (χ1n) is 5.79. The molecule has 0 heterocycles. The van der Waals surface area contributed by atoms with Gasteiger partial charge in [0.25, 0.3) is 0 Å². The number of hydrogen-bond acceptors (Lipinski definition) is 2. The van der Waals surface area contributed by atoms with E-state index in [4.69, 9.17) is 0 Å². The van der Waals surface area contributed by atoms with Gasteiger partial charge in [-0.25, -0.2) is 0 Å². The van der Waals surface area contributed by atoms with E-state index in [9.17, 15) is 5.11 Å². The van der Waals surface area contributed by atoms with E-state index in [1.54, 1.807) is 0 Å². The van der Waals surface area contributed by atoms with Gasteiger partial charge in [-0.05, 0) is 51.1 Å². The Kier molecular flexibility index (Phi) is 4.63. The normalized spacial score (nSPS) is 21.5. The highest BCUT2D eigenvalue weighted by atomic mass is 16.3. The van der Waals surface area contributed by atoms with Gasteiger partial charge in [0.1, 0.15) is 0 Å². The first kappa shape index (κ1) is 11.7. The van der Waals surface area contributed by atoms with Crippen LogP contribution in [0.1, 0.15) is 46.0 Å². The van der Waals surface area contributed by atoms with E-state index in [0.29, 0.717) is 6.54 Å². The fourth-order valence-electron chi connectivity index (χ4n) is 1.95. The quantitative estimate of drug-likeness (QED) is 0.523. The highest BCUT2D eigenvalue weighted by Gasteiger charge is 2.25. The Balaban J connectivity index is 2.41. The molecule has 0 aromatic rings. The zero-order chi connectivity index (χ0) is 10.4. The fourth-order valence-corrected chi connectivity index (χ4v) is 1.95. The van der Waals surface area contributed by atoms with Gasteiger partial charge >= 0.3 is 0 Å². The van der Waals surface area contributed by atoms with Gasteiger partial charge in [-0.1, -0.05) is 13.0 Å². The molecule has 0 aromatic heterocycles. The Hall–Kier alpha value is -0.340. The van der Waals surface area contributed by atoms with Crippen molar-refractivity contribution in [2.24, 2.45) is 0 Å². The summed E-state index contributed by atoms with van der Waals surface area (Å²) in [5.41, 5.74) is 0.600. The molecule has 1 aliphatic carbocycles. The lowest BCUT2D eigenvalue weighted by molar-refractivity contribution is 0.0921. The maximum Gasteiger partial charge on any atom is 0.0952 e. The van der Waals surface area contributed by atoms with Crippen LogP contribution in [-0.4, -0.2) is 23.8 Å². The average molecular weight is 197 g/mol. The number of hydrogen-bond donors (Lipinski definition) is 2. The largest absolute Gasteiger partial charge is 0.384 e. The minimum absolute atomic E-state index is 0.629. The maximum absolute atomic E-state index is 10.2. The van der Waals surface area contributed by atoms with Crippen LogP contribution in [0.25, 0.3) is 0 Å². The van der Waals surface area contributed by atoms with E-state index in [-0.39, 0.29) is 0 Å². The Morgan fingerprint density at radius 3 is 2.86 bits per heavy atom. The summed E-state index contributed by atoms with van der Waals surface area (Å²) in [5.74, 6) is 0. The second kappa shape index (κ2) is 5.52. The summed E-state index contributed by atoms with van der Waals surface area (Å²) in [4.78, 5) is 0. The number of nitrogens with one attached hydrogen (secondary N) is 1. The summed E-state index contributed by atoms with van der Waals surface area (Å²) in [5, 5.41) is 13.5. The van der Waals surface area contributed by atoms with E-state index in [1.165, 1.54) is 18.4 Å². The van der Waals surface area contributed by atoms with Crippen molar-refractivity contribution in [3.63, 3.8) is 0 Å². The summed E-state index contributed by atoms with van der Waals surface area (Å²) < 4.78 is 0. The minimum atomic E-state index is -0.629. The molecule has 82 valence electrons. The summed E-state index contributed by atoms with van der Waals surface area (Å²) in [6.45, 7) is 5.74. The summed E-state index contributed by atoms with van der Waals surface area (Å²) in [6.07, 6.45) is 8.06. The van der Waals surface area contributed by atoms with E-state index in [2.05, 4.69) is 18.3 Å². The van der Waals surface area contributed by atoms with E-state index in [0.717, 1.165) is 25.8 Å². The molecule has 1 unspecified atom stereocenters. The zero-order valence-corrected chi connectivity index (χ0v) is 9.47. The molecule has 0 saturated heterocycles. The van der Waals surface area contributed by atoms with Crippen LogP contribution in [-0.2, 0) is 0 Å². The molecule has 0 aliphatic heterocycles. The molecule has 2 nitrogen and oxygen atoms in total. The number of aliphatic hydroxyl groups is 1. The van der Waals surface area contributed by atoms with Crippen molar-refractivity contribution in [3.8, 4) is 0 Å². The SMILES string of the molecule is CCCNCC(C)(O)C1=CCCCC1. The molecule has 0 saturated carbocycles. The molecule has 14 heavy (non-hydrogen) atoms. The van der Waals surface area contributed by atoms with E-state index >= 15 is 0 Å². The molecule has 1 aliphatic rings. The highest BCUT2D eigenvalue weighted by molar-refractivity contribution is 5.17. The van der Waals surface area contributed by atoms with Crippen LogP contribution in [0.2, 0.25) is 0 Å². The second-order valence-corrected chi connectivity index (χ2v) is 4.43. The van der Waals surface area contributed by atoms with Gasteiger partial charge in [0.05, 0.1) is 5.60 Å². The van der Waals surface area contributed by atoms with Crippen molar-refractivity contribution in [2.45, 2.75) is 51.6 Å². The Morgan fingerprint density at radius 1 is 1.50 bits per heavy atom. The zero-order valence-electron chi connectivity index (χ0n) is 9.47. The molecule has 0 spiro atoms. The van der Waals surface area contributed by atoms with Gasteiger partial charge < -0.3 is 10.4 Å². The van der Waals surface area contributed by atoms with Crippen molar-refractivity contribution in [1.29, 1.82) is 0 Å². The molecule has 1 rings (SSSR count). The number of rotatable bonds is 5. The van der Waals surface area contributed by atoms with Crippen LogP contribution >= 0.6 is 0 Å². The van der Waals surface area contributed by atoms with Gasteiger partial charge in [-0.15, -0.1) is 0 Å². The van der Waals surface area contributed by atoms with E-state index in [1.807, 2.05) is 6.92 Å². The van der Waals surface area contributed by atoms with Gasteiger partial charge in [-0.3, -0.25) is 0 Å². The standard InChI is InChI=1S/C12H23NO/c1-3-9-13-10-12(2,14)11-7-5-4-6-8-11/h7,13-14H,3-6,8-10H2,1-2H3. The van der Waals surface area contributed by atoms with Crippen molar-refractivity contribution < 1.29 is 5.11 Å². The molecule has 0 fully saturated rings. The molecular weight excluding hydrogens is 174 g/mol. The van der Waals surface area contributed by atoms with Crippen molar-refractivity contribution in [1.82, 2.24) is 5.32 Å². The van der Waals surface area contributed by atoms with Crippen LogP contribution < -0.4 is 5.32 Å². The molecular formula is C12H23NO. The van der Waals surface area contributed by atoms with Crippen LogP contribution in [0.4, 0.5) is 0 Å². The molecule has 2 N–H and O–H groups in total. The molecule has 2 heteroatoms. The Labute approximate surface area is 87.4 Å². The summed E-state index contributed by atoms with van der Waals surface area (Å²) in [7, 11) is 0. The van der Waals surface area contributed by atoms with Crippen LogP contribution in [0, 0.1) is 0 Å². The van der Waals surface area contributed by atoms with E-state index < -0.39 is 5.60 Å². The molecule has 0 amide bonds. The first-order chi connectivity index (χ1) is 6.67. The predicted molar refractivity (Wildman–Crippen MR) is 60.3 cm³/mol. The second-order valence-electron chi connectivity index (χ2n) is 4.43. The smallest absolute Gasteiger partial charge is 0.0952 e. The fraction of sp³-hybridized carbons (Fsp3) is 0.833. The summed E-state index contributed by atoms with van der Waals surface area (Å²) in [6, 6.07) is 0. The lowest BCUT2D eigenvalue weighted by Gasteiger charge is -2.29. The molecule has 0 bridgehead atoms. The van der Waals surface area contributed by atoms with Gasteiger partial charge in [0, 0.05) is 6.54 Å². The van der Waals surface area contributed by atoms with Gasteiger partial charge in [-0.2, -0.15) is 0 Å². The monoisotopic (exact) mass is 197 g/mol. The topological polar surface area (TPSA) is 32.3 Å². The van der Waals surface area contributed by atoms with Crippen molar-refractivity contribution in [3.05, 3.63) is 11.6 Å².